The summed E-state index contributed by atoms with van der Waals surface area (Å²) in [5, 5.41) is 12.0. The van der Waals surface area contributed by atoms with Gasteiger partial charge in [-0.25, -0.2) is 9.97 Å². The monoisotopic (exact) mass is 219 g/mol. The van der Waals surface area contributed by atoms with Crippen molar-refractivity contribution in [3.63, 3.8) is 0 Å². The molecule has 16 heavy (non-hydrogen) atoms. The summed E-state index contributed by atoms with van der Waals surface area (Å²) in [7, 11) is 0. The lowest BCUT2D eigenvalue weighted by molar-refractivity contribution is 0.271. The quantitative estimate of drug-likeness (QED) is 0.735. The van der Waals surface area contributed by atoms with Crippen LogP contribution in [0.3, 0.4) is 0 Å². The van der Waals surface area contributed by atoms with E-state index >= 15 is 0 Å². The molecule has 0 aliphatic rings. The van der Waals surface area contributed by atoms with Gasteiger partial charge < -0.3 is 10.4 Å². The second-order valence-electron chi connectivity index (χ2n) is 4.01. The minimum atomic E-state index is -0.166. The van der Waals surface area contributed by atoms with Crippen LogP contribution < -0.4 is 5.32 Å². The summed E-state index contributed by atoms with van der Waals surface area (Å²) in [5.74, 6) is 4.26. The van der Waals surface area contributed by atoms with E-state index in [1.54, 1.807) is 12.3 Å². The fourth-order valence-electron chi connectivity index (χ4n) is 1.37. The van der Waals surface area contributed by atoms with Crippen LogP contribution in [0.2, 0.25) is 0 Å². The van der Waals surface area contributed by atoms with Crippen molar-refractivity contribution in [2.45, 2.75) is 32.9 Å². The molecule has 2 N–H and O–H groups in total. The second kappa shape index (κ2) is 6.09. The van der Waals surface area contributed by atoms with E-state index in [1.165, 1.54) is 0 Å². The van der Waals surface area contributed by atoms with Crippen molar-refractivity contribution in [1.29, 1.82) is 0 Å². The summed E-state index contributed by atoms with van der Waals surface area (Å²) in [6, 6.07) is 1.70. The molecule has 1 aromatic heterocycles. The number of nitrogens with one attached hydrogen (secondary N) is 1. The van der Waals surface area contributed by atoms with Gasteiger partial charge in [0.2, 0.25) is 0 Å². The van der Waals surface area contributed by atoms with Crippen LogP contribution in [0.1, 0.15) is 26.1 Å². The number of nitrogens with zero attached hydrogens (tertiary/aromatic N) is 2. The third kappa shape index (κ3) is 3.87. The average molecular weight is 219 g/mol. The standard InChI is InChI=1S/C12H17N3O/c1-4-10(7-9(2)3)14-11-5-6-13-12(8-16)15-11/h1,5-6,9-10,16H,7-8H2,2-3H3,(H,13,14,15)/t10-/m0/s1. The topological polar surface area (TPSA) is 58.0 Å². The first kappa shape index (κ1) is 12.5. The van der Waals surface area contributed by atoms with Crippen LogP contribution in [0.4, 0.5) is 5.82 Å². The molecule has 0 bridgehead atoms. The van der Waals surface area contributed by atoms with Gasteiger partial charge in [0, 0.05) is 6.20 Å². The highest BCUT2D eigenvalue weighted by atomic mass is 16.3. The largest absolute Gasteiger partial charge is 0.388 e. The van der Waals surface area contributed by atoms with E-state index in [-0.39, 0.29) is 12.6 Å². The molecule has 1 atom stereocenters. The molecule has 0 spiro atoms. The van der Waals surface area contributed by atoms with Crippen LogP contribution in [0.15, 0.2) is 12.3 Å². The molecule has 4 nitrogen and oxygen atoms in total. The Labute approximate surface area is 96.1 Å². The van der Waals surface area contributed by atoms with Gasteiger partial charge >= 0.3 is 0 Å². The maximum absolute atomic E-state index is 8.91. The molecule has 0 aromatic carbocycles. The number of terminal acetylenes is 1. The third-order valence-corrected chi connectivity index (χ3v) is 2.08. The normalized spacial score (nSPS) is 12.2. The van der Waals surface area contributed by atoms with Crippen molar-refractivity contribution < 1.29 is 5.11 Å². The van der Waals surface area contributed by atoms with Crippen LogP contribution in [0, 0.1) is 18.3 Å². The molecule has 86 valence electrons. The van der Waals surface area contributed by atoms with E-state index in [0.29, 0.717) is 17.6 Å². The zero-order valence-electron chi connectivity index (χ0n) is 9.64. The zero-order valence-corrected chi connectivity index (χ0v) is 9.64. The minimum Gasteiger partial charge on any atom is -0.388 e. The number of aromatic nitrogens is 2. The summed E-state index contributed by atoms with van der Waals surface area (Å²) in [4.78, 5) is 8.02. The fourth-order valence-corrected chi connectivity index (χ4v) is 1.37. The first-order valence-electron chi connectivity index (χ1n) is 5.31. The van der Waals surface area contributed by atoms with Crippen LogP contribution in [-0.4, -0.2) is 21.1 Å². The van der Waals surface area contributed by atoms with Gasteiger partial charge in [0.15, 0.2) is 5.82 Å². The minimum absolute atomic E-state index is 0.0403. The fraction of sp³-hybridized carbons (Fsp3) is 0.500. The maximum atomic E-state index is 8.91. The number of hydrogen-bond acceptors (Lipinski definition) is 4. The molecule has 0 radical (unpaired) electrons. The van der Waals surface area contributed by atoms with Crippen molar-refractivity contribution in [3.8, 4) is 12.3 Å². The highest BCUT2D eigenvalue weighted by Crippen LogP contribution is 2.10. The second-order valence-corrected chi connectivity index (χ2v) is 4.01. The molecule has 1 rings (SSSR count). The van der Waals surface area contributed by atoms with E-state index in [9.17, 15) is 0 Å². The molecule has 4 heteroatoms. The van der Waals surface area contributed by atoms with Gasteiger partial charge in [-0.05, 0) is 18.4 Å². The predicted octanol–water partition coefficient (Wildman–Crippen LogP) is 1.43. The number of aliphatic hydroxyl groups is 1. The molecule has 0 amide bonds. The van der Waals surface area contributed by atoms with Crippen molar-refractivity contribution in [1.82, 2.24) is 9.97 Å². The molecule has 0 aliphatic carbocycles. The first-order valence-corrected chi connectivity index (χ1v) is 5.31. The van der Waals surface area contributed by atoms with Crippen LogP contribution in [0.5, 0.6) is 0 Å². The summed E-state index contributed by atoms with van der Waals surface area (Å²) in [6.07, 6.45) is 7.92. The predicted molar refractivity (Wildman–Crippen MR) is 63.7 cm³/mol. The number of aliphatic hydroxyl groups excluding tert-OH is 1. The molecule has 0 unspecified atom stereocenters. The highest BCUT2D eigenvalue weighted by Gasteiger charge is 2.08. The molecule has 0 saturated carbocycles. The summed E-state index contributed by atoms with van der Waals surface area (Å²) < 4.78 is 0. The van der Waals surface area contributed by atoms with E-state index in [0.717, 1.165) is 6.42 Å². The lowest BCUT2D eigenvalue weighted by Crippen LogP contribution is -2.20. The molecular formula is C12H17N3O. The number of rotatable bonds is 5. The zero-order chi connectivity index (χ0) is 12.0. The Hall–Kier alpha value is -1.60. The van der Waals surface area contributed by atoms with Crippen LogP contribution in [-0.2, 0) is 6.61 Å². The van der Waals surface area contributed by atoms with Gasteiger partial charge in [0.25, 0.3) is 0 Å². The van der Waals surface area contributed by atoms with Gasteiger partial charge in [-0.2, -0.15) is 0 Å². The summed E-state index contributed by atoms with van der Waals surface area (Å²) in [6.45, 7) is 4.07. The molecule has 0 fully saturated rings. The van der Waals surface area contributed by atoms with Gasteiger partial charge in [-0.1, -0.05) is 19.8 Å². The Morgan fingerprint density at radius 1 is 1.56 bits per heavy atom. The Bertz CT molecular complexity index is 371. The molecule has 1 heterocycles. The molecule has 0 saturated heterocycles. The van der Waals surface area contributed by atoms with E-state index in [2.05, 4.69) is 35.1 Å². The van der Waals surface area contributed by atoms with Crippen molar-refractivity contribution in [2.24, 2.45) is 5.92 Å². The lowest BCUT2D eigenvalue weighted by Gasteiger charge is -2.15. The Morgan fingerprint density at radius 3 is 2.88 bits per heavy atom. The first-order chi connectivity index (χ1) is 7.65. The smallest absolute Gasteiger partial charge is 0.156 e. The van der Waals surface area contributed by atoms with Gasteiger partial charge in [0.1, 0.15) is 12.4 Å². The maximum Gasteiger partial charge on any atom is 0.156 e. The van der Waals surface area contributed by atoms with Crippen LogP contribution >= 0.6 is 0 Å². The van der Waals surface area contributed by atoms with Gasteiger partial charge in [0.05, 0.1) is 6.04 Å². The summed E-state index contributed by atoms with van der Waals surface area (Å²) >= 11 is 0. The highest BCUT2D eigenvalue weighted by molar-refractivity contribution is 5.36. The van der Waals surface area contributed by atoms with Gasteiger partial charge in [-0.15, -0.1) is 6.42 Å². The molecule has 0 aliphatic heterocycles. The number of anilines is 1. The Balaban J connectivity index is 2.67. The molecule has 1 aromatic rings. The number of hydrogen-bond donors (Lipinski definition) is 2. The van der Waals surface area contributed by atoms with E-state index in [1.807, 2.05) is 0 Å². The Morgan fingerprint density at radius 2 is 2.31 bits per heavy atom. The molecular weight excluding hydrogens is 202 g/mol. The SMILES string of the molecule is C#C[C@@H](CC(C)C)Nc1ccnc(CO)n1. The van der Waals surface area contributed by atoms with Crippen molar-refractivity contribution >= 4 is 5.82 Å². The third-order valence-electron chi connectivity index (χ3n) is 2.08. The summed E-state index contributed by atoms with van der Waals surface area (Å²) in [5.41, 5.74) is 0. The van der Waals surface area contributed by atoms with E-state index < -0.39 is 0 Å². The van der Waals surface area contributed by atoms with Crippen molar-refractivity contribution in [2.75, 3.05) is 5.32 Å². The van der Waals surface area contributed by atoms with Crippen molar-refractivity contribution in [3.05, 3.63) is 18.1 Å². The van der Waals surface area contributed by atoms with E-state index in [4.69, 9.17) is 11.5 Å². The van der Waals surface area contributed by atoms with Gasteiger partial charge in [-0.3, -0.25) is 0 Å². The average Bonchev–Trinajstić information content (AvgIpc) is 2.28. The Kier molecular flexibility index (Phi) is 4.74. The lowest BCUT2D eigenvalue weighted by atomic mass is 10.0. The van der Waals surface area contributed by atoms with Crippen LogP contribution in [0.25, 0.3) is 0 Å².